The summed E-state index contributed by atoms with van der Waals surface area (Å²) >= 11 is 0. The molecule has 0 amide bonds. The molecule has 11 nitrogen and oxygen atoms in total. The molecule has 0 spiro atoms. The number of alkyl halides is 3. The lowest BCUT2D eigenvalue weighted by Crippen LogP contribution is -2.26. The first-order valence-electron chi connectivity index (χ1n) is 11.1. The lowest BCUT2D eigenvalue weighted by Gasteiger charge is -2.16. The van der Waals surface area contributed by atoms with E-state index in [2.05, 4.69) is 30.8 Å². The highest BCUT2D eigenvalue weighted by Crippen LogP contribution is 2.29. The highest BCUT2D eigenvalue weighted by atomic mass is 32.2. The van der Waals surface area contributed by atoms with Crippen LogP contribution in [0.15, 0.2) is 60.1 Å². The summed E-state index contributed by atoms with van der Waals surface area (Å²) in [6, 6.07) is 10.4. The molecular formula is C23H20F3N7O4S. The van der Waals surface area contributed by atoms with Gasteiger partial charge in [0.25, 0.3) is 0 Å². The summed E-state index contributed by atoms with van der Waals surface area (Å²) in [5.41, 5.74) is 2.95. The molecule has 1 unspecified atom stereocenters. The Bertz CT molecular complexity index is 1600. The third-order valence-electron chi connectivity index (χ3n) is 5.53. The summed E-state index contributed by atoms with van der Waals surface area (Å²) in [4.78, 5) is 20.7. The number of carbonyl (C=O) groups is 1. The Balaban J connectivity index is 0.000000426. The van der Waals surface area contributed by atoms with E-state index in [1.54, 1.807) is 35.3 Å². The van der Waals surface area contributed by atoms with E-state index in [9.17, 15) is 26.9 Å². The third-order valence-corrected chi connectivity index (χ3v) is 7.05. The first kappa shape index (κ1) is 26.8. The molecule has 1 saturated carbocycles. The molecule has 4 aromatic rings. The number of halogens is 3. The molecule has 5 rings (SSSR count). The van der Waals surface area contributed by atoms with Crippen LogP contribution in [0, 0.1) is 11.3 Å². The molecule has 3 aromatic heterocycles. The van der Waals surface area contributed by atoms with Crippen molar-refractivity contribution in [2.24, 2.45) is 0 Å². The maximum atomic E-state index is 12.6. The number of aliphatic carboxylic acids is 1. The third kappa shape index (κ3) is 6.15. The van der Waals surface area contributed by atoms with Crippen LogP contribution in [0.5, 0.6) is 0 Å². The van der Waals surface area contributed by atoms with Gasteiger partial charge in [-0.05, 0) is 36.6 Å². The summed E-state index contributed by atoms with van der Waals surface area (Å²) in [6.07, 6.45) is 3.58. The second-order valence-electron chi connectivity index (χ2n) is 8.32. The second kappa shape index (κ2) is 10.6. The van der Waals surface area contributed by atoms with E-state index < -0.39 is 28.2 Å². The van der Waals surface area contributed by atoms with Crippen LogP contribution in [0.4, 0.5) is 13.2 Å². The van der Waals surface area contributed by atoms with Crippen LogP contribution >= 0.6 is 0 Å². The Morgan fingerprint density at radius 2 is 2.03 bits per heavy atom. The smallest absolute Gasteiger partial charge is 0.475 e. The summed E-state index contributed by atoms with van der Waals surface area (Å²) < 4.78 is 61.4. The minimum atomic E-state index is -5.08. The lowest BCUT2D eigenvalue weighted by molar-refractivity contribution is -0.192. The Hall–Kier alpha value is -4.29. The fraction of sp³-hybridized carbons (Fsp3) is 0.261. The van der Waals surface area contributed by atoms with E-state index >= 15 is 0 Å². The lowest BCUT2D eigenvalue weighted by atomic mass is 10.0. The van der Waals surface area contributed by atoms with Gasteiger partial charge in [-0.15, -0.1) is 0 Å². The van der Waals surface area contributed by atoms with Crippen LogP contribution < -0.4 is 4.72 Å². The van der Waals surface area contributed by atoms with Crippen LogP contribution in [-0.4, -0.2) is 56.4 Å². The van der Waals surface area contributed by atoms with Crippen LogP contribution in [0.25, 0.3) is 22.3 Å². The number of nitriles is 1. The molecule has 0 aliphatic heterocycles. The summed E-state index contributed by atoms with van der Waals surface area (Å²) in [7, 11) is -3.59. The average Bonchev–Trinajstić information content (AvgIpc) is 3.32. The Labute approximate surface area is 214 Å². The number of nitrogens with zero attached hydrogens (tertiary/aromatic N) is 5. The summed E-state index contributed by atoms with van der Waals surface area (Å²) in [5, 5.41) is 21.9. The standard InChI is InChI=1S/C21H19N7O2S.C2HF3O2/c22-8-6-19(14-2-1-3-17(10-14)31(29,30)27-16-4-5-16)28-12-15(11-26-28)20-18-7-9-23-21(18)25-13-24-20;3-2(4,5)1(6)7/h1-3,7,9-13,16,19,27H,4-6H2,(H,23,24,25);(H,6,7). The Kier molecular flexibility index (Phi) is 7.46. The molecule has 1 fully saturated rings. The van der Waals surface area contributed by atoms with Crippen molar-refractivity contribution >= 4 is 27.0 Å². The number of sulfonamides is 1. The molecule has 1 aliphatic rings. The predicted octanol–water partition coefficient (Wildman–Crippen LogP) is 3.40. The number of aromatic nitrogens is 5. The van der Waals surface area contributed by atoms with Crippen molar-refractivity contribution in [3.05, 3.63) is 60.8 Å². The number of hydrogen-bond acceptors (Lipinski definition) is 7. The minimum Gasteiger partial charge on any atom is -0.475 e. The molecule has 1 aliphatic carbocycles. The first-order chi connectivity index (χ1) is 18.0. The number of aromatic amines is 1. The maximum Gasteiger partial charge on any atom is 0.490 e. The fourth-order valence-electron chi connectivity index (χ4n) is 3.56. The van der Waals surface area contributed by atoms with E-state index in [0.717, 1.165) is 35.1 Å². The van der Waals surface area contributed by atoms with Crippen molar-refractivity contribution in [1.82, 2.24) is 29.5 Å². The summed E-state index contributed by atoms with van der Waals surface area (Å²) in [6.45, 7) is 0. The minimum absolute atomic E-state index is 0.0235. The van der Waals surface area contributed by atoms with E-state index in [1.807, 2.05) is 18.3 Å². The summed E-state index contributed by atoms with van der Waals surface area (Å²) in [5.74, 6) is -2.76. The Morgan fingerprint density at radius 1 is 1.29 bits per heavy atom. The van der Waals surface area contributed by atoms with Gasteiger partial charge >= 0.3 is 12.1 Å². The zero-order valence-corrected chi connectivity index (χ0v) is 20.2. The van der Waals surface area contributed by atoms with Gasteiger partial charge in [0, 0.05) is 29.4 Å². The Morgan fingerprint density at radius 3 is 2.68 bits per heavy atom. The zero-order valence-electron chi connectivity index (χ0n) is 19.4. The van der Waals surface area contributed by atoms with Crippen molar-refractivity contribution in [1.29, 1.82) is 5.26 Å². The second-order valence-corrected chi connectivity index (χ2v) is 10.0. The number of carboxylic acids is 1. The van der Waals surface area contributed by atoms with Crippen molar-refractivity contribution in [3.63, 3.8) is 0 Å². The number of H-pyrrole nitrogens is 1. The van der Waals surface area contributed by atoms with Gasteiger partial charge in [0.15, 0.2) is 0 Å². The van der Waals surface area contributed by atoms with Crippen molar-refractivity contribution < 1.29 is 31.5 Å². The SMILES string of the molecule is N#CCC(c1cccc(S(=O)(=O)NC2CC2)c1)n1cc(-c2ncnc3[nH]ccc23)cn1.O=C(O)C(F)(F)F. The molecule has 1 atom stereocenters. The van der Waals surface area contributed by atoms with Crippen molar-refractivity contribution in [2.75, 3.05) is 0 Å². The van der Waals surface area contributed by atoms with Gasteiger partial charge in [-0.1, -0.05) is 12.1 Å². The zero-order chi connectivity index (χ0) is 27.5. The van der Waals surface area contributed by atoms with Crippen molar-refractivity contribution in [2.45, 2.75) is 42.4 Å². The average molecular weight is 548 g/mol. The van der Waals surface area contributed by atoms with Gasteiger partial charge in [-0.25, -0.2) is 27.9 Å². The van der Waals surface area contributed by atoms with Gasteiger partial charge in [0.1, 0.15) is 12.0 Å². The van der Waals surface area contributed by atoms with E-state index in [0.29, 0.717) is 5.56 Å². The molecule has 0 radical (unpaired) electrons. The number of nitrogens with one attached hydrogen (secondary N) is 2. The molecule has 0 bridgehead atoms. The monoisotopic (exact) mass is 547 g/mol. The van der Waals surface area contributed by atoms with Crippen LogP contribution in [0.2, 0.25) is 0 Å². The number of hydrogen-bond donors (Lipinski definition) is 3. The molecule has 15 heteroatoms. The van der Waals surface area contributed by atoms with E-state index in [4.69, 9.17) is 9.90 Å². The van der Waals surface area contributed by atoms with Gasteiger partial charge in [0.05, 0.1) is 35.3 Å². The number of fused-ring (bicyclic) bond motifs is 1. The highest BCUT2D eigenvalue weighted by Gasteiger charge is 2.38. The first-order valence-corrected chi connectivity index (χ1v) is 12.6. The van der Waals surface area contributed by atoms with Crippen molar-refractivity contribution in [3.8, 4) is 17.3 Å². The number of rotatable bonds is 7. The largest absolute Gasteiger partial charge is 0.490 e. The molecule has 198 valence electrons. The van der Waals surface area contributed by atoms with E-state index in [-0.39, 0.29) is 17.4 Å². The maximum absolute atomic E-state index is 12.6. The van der Waals surface area contributed by atoms with Gasteiger partial charge < -0.3 is 10.1 Å². The van der Waals surface area contributed by atoms with Gasteiger partial charge in [0.2, 0.25) is 10.0 Å². The fourth-order valence-corrected chi connectivity index (χ4v) is 4.92. The van der Waals surface area contributed by atoms with E-state index in [1.165, 1.54) is 6.33 Å². The van der Waals surface area contributed by atoms with Gasteiger partial charge in [-0.3, -0.25) is 4.68 Å². The highest BCUT2D eigenvalue weighted by molar-refractivity contribution is 7.89. The molecule has 3 N–H and O–H groups in total. The number of benzene rings is 1. The quantitative estimate of drug-likeness (QED) is 0.317. The normalized spacial score (nSPS) is 14.4. The number of carboxylic acid groups (broad SMARTS) is 1. The molecular weight excluding hydrogens is 527 g/mol. The van der Waals surface area contributed by atoms with Crippen LogP contribution in [-0.2, 0) is 14.8 Å². The topological polar surface area (TPSA) is 167 Å². The van der Waals surface area contributed by atoms with Crippen LogP contribution in [0.3, 0.4) is 0 Å². The molecule has 38 heavy (non-hydrogen) atoms. The van der Waals surface area contributed by atoms with Gasteiger partial charge in [-0.2, -0.15) is 23.5 Å². The molecule has 1 aromatic carbocycles. The molecule has 3 heterocycles. The predicted molar refractivity (Wildman–Crippen MR) is 127 cm³/mol. The molecule has 0 saturated heterocycles. The van der Waals surface area contributed by atoms with Crippen LogP contribution in [0.1, 0.15) is 30.9 Å².